The summed E-state index contributed by atoms with van der Waals surface area (Å²) in [4.78, 5) is 35.6. The van der Waals surface area contributed by atoms with Crippen LogP contribution >= 0.6 is 11.6 Å². The first-order chi connectivity index (χ1) is 20.3. The fraction of sp³-hybridized carbons (Fsp3) is 0.406. The second-order valence-corrected chi connectivity index (χ2v) is 12.9. The van der Waals surface area contributed by atoms with E-state index in [9.17, 15) is 9.59 Å². The molecule has 0 spiro atoms. The zero-order valence-corrected chi connectivity index (χ0v) is 26.3. The van der Waals surface area contributed by atoms with Gasteiger partial charge in [-0.25, -0.2) is 9.78 Å². The average molecular weight is 602 g/mol. The molecule has 1 aromatic carbocycles. The summed E-state index contributed by atoms with van der Waals surface area (Å²) in [6.45, 7) is 14.6. The van der Waals surface area contributed by atoms with Crippen molar-refractivity contribution in [2.24, 2.45) is 0 Å². The number of pyridine rings is 1. The van der Waals surface area contributed by atoms with Gasteiger partial charge in [0.2, 0.25) is 0 Å². The van der Waals surface area contributed by atoms with E-state index in [1.807, 2.05) is 86.5 Å². The van der Waals surface area contributed by atoms with Crippen LogP contribution < -0.4 is 4.90 Å². The van der Waals surface area contributed by atoms with Crippen LogP contribution in [0.1, 0.15) is 92.1 Å². The van der Waals surface area contributed by atoms with Crippen molar-refractivity contribution >= 4 is 40.5 Å². The molecule has 0 radical (unpaired) electrons. The first-order valence-electron chi connectivity index (χ1n) is 14.5. The predicted molar refractivity (Wildman–Crippen MR) is 166 cm³/mol. The van der Waals surface area contributed by atoms with Crippen LogP contribution in [-0.2, 0) is 4.74 Å². The van der Waals surface area contributed by atoms with E-state index < -0.39 is 11.6 Å². The van der Waals surface area contributed by atoms with Gasteiger partial charge in [0.25, 0.3) is 5.91 Å². The molecule has 2 aliphatic heterocycles. The first kappa shape index (κ1) is 28.9. The highest BCUT2D eigenvalue weighted by atomic mass is 35.5. The highest BCUT2D eigenvalue weighted by molar-refractivity contribution is 6.30. The molecule has 6 rings (SSSR count). The summed E-state index contributed by atoms with van der Waals surface area (Å²) in [5, 5.41) is 9.15. The van der Waals surface area contributed by atoms with Crippen LogP contribution in [0.2, 0.25) is 5.02 Å². The van der Waals surface area contributed by atoms with Gasteiger partial charge in [0.15, 0.2) is 11.3 Å². The van der Waals surface area contributed by atoms with Gasteiger partial charge in [-0.2, -0.15) is 0 Å². The molecule has 0 saturated carbocycles. The van der Waals surface area contributed by atoms with Crippen molar-refractivity contribution in [3.8, 4) is 0 Å². The molecule has 0 aliphatic carbocycles. The number of ether oxygens (including phenoxy) is 1. The average Bonchev–Trinajstić information content (AvgIpc) is 3.60. The van der Waals surface area contributed by atoms with Crippen molar-refractivity contribution in [3.05, 3.63) is 81.8 Å². The Hall–Kier alpha value is -4.18. The number of aryl methyl sites for hydroxylation is 2. The highest BCUT2D eigenvalue weighted by Gasteiger charge is 2.45. The molecule has 11 heteroatoms. The van der Waals surface area contributed by atoms with Crippen molar-refractivity contribution < 1.29 is 14.3 Å². The first-order valence-corrected chi connectivity index (χ1v) is 14.9. The molecule has 3 aromatic heterocycles. The second-order valence-electron chi connectivity index (χ2n) is 12.5. The summed E-state index contributed by atoms with van der Waals surface area (Å²) in [6.07, 6.45) is 4.21. The van der Waals surface area contributed by atoms with E-state index >= 15 is 0 Å². The Morgan fingerprint density at radius 3 is 2.47 bits per heavy atom. The van der Waals surface area contributed by atoms with Crippen LogP contribution in [0.25, 0.3) is 11.2 Å². The molecular formula is C32H36ClN7O3. The largest absolute Gasteiger partial charge is 0.444 e. The fourth-order valence-electron chi connectivity index (χ4n) is 5.93. The molecule has 2 amide bonds. The number of amides is 2. The highest BCUT2D eigenvalue weighted by Crippen LogP contribution is 2.45. The molecule has 10 nitrogen and oxygen atoms in total. The van der Waals surface area contributed by atoms with Gasteiger partial charge in [-0.1, -0.05) is 29.8 Å². The number of benzene rings is 1. The van der Waals surface area contributed by atoms with E-state index in [4.69, 9.17) is 21.3 Å². The maximum Gasteiger partial charge on any atom is 0.410 e. The Balaban J connectivity index is 1.46. The molecule has 43 heavy (non-hydrogen) atoms. The molecule has 2 aliphatic rings. The van der Waals surface area contributed by atoms with E-state index in [0.29, 0.717) is 30.2 Å². The van der Waals surface area contributed by atoms with Crippen molar-refractivity contribution in [1.29, 1.82) is 0 Å². The molecule has 5 heterocycles. The van der Waals surface area contributed by atoms with Crippen molar-refractivity contribution in [2.45, 2.75) is 72.6 Å². The van der Waals surface area contributed by atoms with Crippen LogP contribution in [0.4, 0.5) is 10.5 Å². The summed E-state index contributed by atoms with van der Waals surface area (Å²) in [5.41, 5.74) is 5.05. The summed E-state index contributed by atoms with van der Waals surface area (Å²) in [7, 11) is 0. The van der Waals surface area contributed by atoms with Gasteiger partial charge in [-0.05, 0) is 89.8 Å². The lowest BCUT2D eigenvalue weighted by Gasteiger charge is -2.31. The lowest BCUT2D eigenvalue weighted by molar-refractivity contribution is 0.0270. The van der Waals surface area contributed by atoms with E-state index in [0.717, 1.165) is 45.4 Å². The van der Waals surface area contributed by atoms with Crippen LogP contribution in [0.3, 0.4) is 0 Å². The summed E-state index contributed by atoms with van der Waals surface area (Å²) < 4.78 is 9.67. The second kappa shape index (κ2) is 10.5. The molecule has 1 atom stereocenters. The Morgan fingerprint density at radius 1 is 1.12 bits per heavy atom. The van der Waals surface area contributed by atoms with Crippen molar-refractivity contribution in [1.82, 2.24) is 29.0 Å². The lowest BCUT2D eigenvalue weighted by atomic mass is 10.0. The smallest absolute Gasteiger partial charge is 0.410 e. The number of imidazole rings is 1. The van der Waals surface area contributed by atoms with Gasteiger partial charge in [-0.3, -0.25) is 14.1 Å². The minimum atomic E-state index is -0.561. The van der Waals surface area contributed by atoms with Crippen LogP contribution in [0.15, 0.2) is 42.6 Å². The summed E-state index contributed by atoms with van der Waals surface area (Å²) in [6, 6.07) is 9.19. The Labute approximate surface area is 255 Å². The zero-order chi connectivity index (χ0) is 30.8. The van der Waals surface area contributed by atoms with Gasteiger partial charge >= 0.3 is 6.09 Å². The molecule has 4 aromatic rings. The number of aromatic nitrogens is 5. The minimum Gasteiger partial charge on any atom is -0.444 e. The van der Waals surface area contributed by atoms with E-state index in [2.05, 4.69) is 28.6 Å². The SMILES string of the molecule is Cc1cc(N2C(=O)c3nc(C4=CCN(C(=O)OC(C)(C)C)CC4)n(C(C)C)c3C2c2ccc(Cl)cc2)cn2c(C)nnc12. The molecule has 224 valence electrons. The number of anilines is 1. The number of hydrogen-bond acceptors (Lipinski definition) is 6. The monoisotopic (exact) mass is 601 g/mol. The summed E-state index contributed by atoms with van der Waals surface area (Å²) >= 11 is 6.29. The lowest BCUT2D eigenvalue weighted by Crippen LogP contribution is -2.39. The van der Waals surface area contributed by atoms with Crippen LogP contribution in [-0.4, -0.2) is 59.7 Å². The minimum absolute atomic E-state index is 0.0166. The van der Waals surface area contributed by atoms with Gasteiger partial charge in [0.05, 0.1) is 11.4 Å². The maximum absolute atomic E-state index is 14.4. The van der Waals surface area contributed by atoms with Gasteiger partial charge in [0, 0.05) is 30.4 Å². The summed E-state index contributed by atoms with van der Waals surface area (Å²) in [5.74, 6) is 1.33. The number of hydrogen-bond donors (Lipinski definition) is 0. The van der Waals surface area contributed by atoms with E-state index in [1.165, 1.54) is 0 Å². The van der Waals surface area contributed by atoms with Crippen molar-refractivity contribution in [2.75, 3.05) is 18.0 Å². The quantitative estimate of drug-likeness (QED) is 0.263. The molecule has 0 saturated heterocycles. The Kier molecular flexibility index (Phi) is 7.07. The third-order valence-electron chi connectivity index (χ3n) is 7.86. The van der Waals surface area contributed by atoms with Crippen LogP contribution in [0.5, 0.6) is 0 Å². The molecule has 0 fully saturated rings. The zero-order valence-electron chi connectivity index (χ0n) is 25.6. The molecule has 1 unspecified atom stereocenters. The van der Waals surface area contributed by atoms with E-state index in [-0.39, 0.29) is 18.0 Å². The van der Waals surface area contributed by atoms with Crippen LogP contribution in [0, 0.1) is 13.8 Å². The normalized spacial score (nSPS) is 17.2. The number of carbonyl (C=O) groups is 2. The fourth-order valence-corrected chi connectivity index (χ4v) is 6.06. The third kappa shape index (κ3) is 5.07. The number of rotatable bonds is 4. The number of halogens is 1. The third-order valence-corrected chi connectivity index (χ3v) is 8.11. The maximum atomic E-state index is 14.4. The molecular weight excluding hydrogens is 566 g/mol. The molecule has 0 bridgehead atoms. The molecule has 0 N–H and O–H groups in total. The number of carbonyl (C=O) groups excluding carboxylic acids is 2. The van der Waals surface area contributed by atoms with Gasteiger partial charge < -0.3 is 14.2 Å². The van der Waals surface area contributed by atoms with E-state index in [1.54, 1.807) is 4.90 Å². The number of fused-ring (bicyclic) bond motifs is 2. The van der Waals surface area contributed by atoms with Gasteiger partial charge in [-0.15, -0.1) is 10.2 Å². The topological polar surface area (TPSA) is 97.9 Å². The van der Waals surface area contributed by atoms with Gasteiger partial charge in [0.1, 0.15) is 23.3 Å². The van der Waals surface area contributed by atoms with Crippen molar-refractivity contribution in [3.63, 3.8) is 0 Å². The predicted octanol–water partition coefficient (Wildman–Crippen LogP) is 6.55. The standard InChI is InChI=1S/C32H36ClN7O3/c1-18(2)39-27-25(34-29(39)22-12-14-37(15-13-22)31(42)43-32(5,6)7)30(41)40(26(27)21-8-10-23(33)11-9-21)24-16-19(3)28-36-35-20(4)38(28)17-24/h8-12,16-18,26H,13-15H2,1-7H3. The Bertz CT molecular complexity index is 1780. The Morgan fingerprint density at radius 2 is 1.84 bits per heavy atom. The number of nitrogens with zero attached hydrogens (tertiary/aromatic N) is 7.